The first kappa shape index (κ1) is 9.52. The van der Waals surface area contributed by atoms with Crippen LogP contribution in [0.5, 0.6) is 5.75 Å². The minimum Gasteiger partial charge on any atom is -0.496 e. The van der Waals surface area contributed by atoms with Crippen molar-refractivity contribution in [1.29, 1.82) is 0 Å². The Morgan fingerprint density at radius 1 is 1.57 bits per heavy atom. The summed E-state index contributed by atoms with van der Waals surface area (Å²) in [6.07, 6.45) is 0.425. The number of aryl methyl sites for hydroxylation is 1. The first-order valence-electron chi connectivity index (χ1n) is 4.29. The van der Waals surface area contributed by atoms with Gasteiger partial charge in [0.2, 0.25) is 5.91 Å². The molecule has 0 fully saturated rings. The van der Waals surface area contributed by atoms with E-state index in [9.17, 15) is 4.79 Å². The first-order valence-corrected chi connectivity index (χ1v) is 5.08. The average molecular weight is 256 g/mol. The van der Waals surface area contributed by atoms with Gasteiger partial charge < -0.3 is 10.1 Å². The minimum atomic E-state index is 0.0389. The first-order chi connectivity index (χ1) is 6.63. The molecule has 0 bridgehead atoms. The van der Waals surface area contributed by atoms with Gasteiger partial charge in [0.15, 0.2) is 0 Å². The Morgan fingerprint density at radius 2 is 2.29 bits per heavy atom. The molecule has 0 spiro atoms. The number of carbonyl (C=O) groups excluding carboxylic acids is 1. The Hall–Kier alpha value is -1.03. The van der Waals surface area contributed by atoms with E-state index in [1.54, 1.807) is 7.11 Å². The van der Waals surface area contributed by atoms with Crippen LogP contribution in [0.25, 0.3) is 0 Å². The number of ether oxygens (including phenoxy) is 1. The lowest BCUT2D eigenvalue weighted by atomic mass is 10.1. The maximum atomic E-state index is 11.2. The van der Waals surface area contributed by atoms with E-state index in [4.69, 9.17) is 4.74 Å². The summed E-state index contributed by atoms with van der Waals surface area (Å²) in [6, 6.07) is 1.91. The van der Waals surface area contributed by atoms with Crippen LogP contribution in [-0.4, -0.2) is 13.0 Å². The number of methoxy groups -OCH3 is 1. The van der Waals surface area contributed by atoms with Crippen LogP contribution in [0.2, 0.25) is 0 Å². The third kappa shape index (κ3) is 1.30. The van der Waals surface area contributed by atoms with Crippen LogP contribution in [0.1, 0.15) is 11.1 Å². The van der Waals surface area contributed by atoms with E-state index in [1.807, 2.05) is 13.0 Å². The van der Waals surface area contributed by atoms with Crippen LogP contribution >= 0.6 is 15.9 Å². The fourth-order valence-electron chi connectivity index (χ4n) is 1.66. The minimum absolute atomic E-state index is 0.0389. The van der Waals surface area contributed by atoms with Crippen LogP contribution in [0, 0.1) is 6.92 Å². The smallest absolute Gasteiger partial charge is 0.228 e. The zero-order chi connectivity index (χ0) is 10.3. The molecule has 1 aliphatic rings. The highest BCUT2D eigenvalue weighted by atomic mass is 79.9. The number of nitrogens with one attached hydrogen (secondary N) is 1. The monoisotopic (exact) mass is 255 g/mol. The molecular formula is C10H10BrNO2. The van der Waals surface area contributed by atoms with Crippen molar-refractivity contribution in [2.75, 3.05) is 12.4 Å². The standard InChI is InChI=1S/C10H10BrNO2/c1-5-3-7(14-2)9(11)6-4-8(13)12-10(5)6/h3H,4H2,1-2H3,(H,12,13). The molecule has 1 aromatic rings. The highest BCUT2D eigenvalue weighted by Gasteiger charge is 2.24. The van der Waals surface area contributed by atoms with Gasteiger partial charge >= 0.3 is 0 Å². The number of hydrogen-bond acceptors (Lipinski definition) is 2. The Morgan fingerprint density at radius 3 is 2.93 bits per heavy atom. The van der Waals surface area contributed by atoms with E-state index in [0.29, 0.717) is 6.42 Å². The lowest BCUT2D eigenvalue weighted by Gasteiger charge is -2.10. The number of benzene rings is 1. The third-order valence-corrected chi connectivity index (χ3v) is 3.22. The highest BCUT2D eigenvalue weighted by molar-refractivity contribution is 9.10. The largest absolute Gasteiger partial charge is 0.496 e. The molecule has 14 heavy (non-hydrogen) atoms. The van der Waals surface area contributed by atoms with Gasteiger partial charge in [-0.25, -0.2) is 0 Å². The van der Waals surface area contributed by atoms with Crippen molar-refractivity contribution in [3.63, 3.8) is 0 Å². The van der Waals surface area contributed by atoms with Gasteiger partial charge in [-0.3, -0.25) is 4.79 Å². The molecule has 1 N–H and O–H groups in total. The van der Waals surface area contributed by atoms with Crippen LogP contribution in [0.4, 0.5) is 5.69 Å². The van der Waals surface area contributed by atoms with Crippen LogP contribution in [0.3, 0.4) is 0 Å². The van der Waals surface area contributed by atoms with Gasteiger partial charge in [-0.2, -0.15) is 0 Å². The van der Waals surface area contributed by atoms with E-state index < -0.39 is 0 Å². The number of carbonyl (C=O) groups is 1. The molecule has 0 saturated carbocycles. The van der Waals surface area contributed by atoms with Gasteiger partial charge in [-0.05, 0) is 34.5 Å². The normalized spacial score (nSPS) is 13.8. The number of fused-ring (bicyclic) bond motifs is 1. The summed E-state index contributed by atoms with van der Waals surface area (Å²) >= 11 is 3.44. The number of hydrogen-bond donors (Lipinski definition) is 1. The summed E-state index contributed by atoms with van der Waals surface area (Å²) < 4.78 is 6.07. The van der Waals surface area contributed by atoms with E-state index in [0.717, 1.165) is 27.0 Å². The van der Waals surface area contributed by atoms with Crippen molar-refractivity contribution in [3.8, 4) is 5.75 Å². The summed E-state index contributed by atoms with van der Waals surface area (Å²) in [5.74, 6) is 0.815. The van der Waals surface area contributed by atoms with Crippen molar-refractivity contribution in [3.05, 3.63) is 21.7 Å². The molecule has 2 rings (SSSR count). The molecule has 0 aromatic heterocycles. The summed E-state index contributed by atoms with van der Waals surface area (Å²) in [7, 11) is 1.62. The lowest BCUT2D eigenvalue weighted by molar-refractivity contribution is -0.115. The predicted molar refractivity (Wildman–Crippen MR) is 57.8 cm³/mol. The Balaban J connectivity index is 2.63. The Bertz CT molecular complexity index is 415. The number of amides is 1. The van der Waals surface area contributed by atoms with Crippen LogP contribution < -0.4 is 10.1 Å². The van der Waals surface area contributed by atoms with Gasteiger partial charge in [-0.15, -0.1) is 0 Å². The molecule has 1 aromatic carbocycles. The van der Waals surface area contributed by atoms with Crippen molar-refractivity contribution in [2.24, 2.45) is 0 Å². The maximum absolute atomic E-state index is 11.2. The predicted octanol–water partition coefficient (Wildman–Crippen LogP) is 2.26. The third-order valence-electron chi connectivity index (χ3n) is 2.35. The summed E-state index contributed by atoms with van der Waals surface area (Å²) in [5.41, 5.74) is 2.94. The second-order valence-corrected chi connectivity index (χ2v) is 4.08. The Kier molecular flexibility index (Phi) is 2.23. The van der Waals surface area contributed by atoms with Crippen molar-refractivity contribution in [2.45, 2.75) is 13.3 Å². The zero-order valence-electron chi connectivity index (χ0n) is 7.98. The Labute approximate surface area is 90.6 Å². The van der Waals surface area contributed by atoms with Crippen LogP contribution in [0.15, 0.2) is 10.5 Å². The lowest BCUT2D eigenvalue weighted by Crippen LogP contribution is -2.04. The average Bonchev–Trinajstić information content (AvgIpc) is 2.54. The molecule has 74 valence electrons. The topological polar surface area (TPSA) is 38.3 Å². The van der Waals surface area contributed by atoms with Crippen molar-refractivity contribution >= 4 is 27.5 Å². The number of anilines is 1. The molecule has 1 aliphatic heterocycles. The maximum Gasteiger partial charge on any atom is 0.228 e. The van der Waals surface area contributed by atoms with E-state index >= 15 is 0 Å². The quantitative estimate of drug-likeness (QED) is 0.836. The second kappa shape index (κ2) is 3.28. The molecule has 0 saturated heterocycles. The second-order valence-electron chi connectivity index (χ2n) is 3.29. The summed E-state index contributed by atoms with van der Waals surface area (Å²) in [4.78, 5) is 11.2. The molecule has 4 heteroatoms. The molecule has 1 amide bonds. The molecule has 0 atom stereocenters. The fourth-order valence-corrected chi connectivity index (χ4v) is 2.28. The van der Waals surface area contributed by atoms with E-state index in [1.165, 1.54) is 0 Å². The van der Waals surface area contributed by atoms with Gasteiger partial charge in [0, 0.05) is 11.3 Å². The SMILES string of the molecule is COc1cc(C)c2c(c1Br)CC(=O)N2. The summed E-state index contributed by atoms with van der Waals surface area (Å²) in [6.45, 7) is 1.96. The highest BCUT2D eigenvalue weighted by Crippen LogP contribution is 2.39. The van der Waals surface area contributed by atoms with E-state index in [-0.39, 0.29) is 5.91 Å². The van der Waals surface area contributed by atoms with E-state index in [2.05, 4.69) is 21.2 Å². The number of rotatable bonds is 1. The molecule has 3 nitrogen and oxygen atoms in total. The van der Waals surface area contributed by atoms with Crippen molar-refractivity contribution in [1.82, 2.24) is 0 Å². The molecule has 0 radical (unpaired) electrons. The van der Waals surface area contributed by atoms with Crippen molar-refractivity contribution < 1.29 is 9.53 Å². The van der Waals surface area contributed by atoms with Gasteiger partial charge in [0.25, 0.3) is 0 Å². The van der Waals surface area contributed by atoms with Gasteiger partial charge in [0.05, 0.1) is 18.0 Å². The molecule has 1 heterocycles. The van der Waals surface area contributed by atoms with Crippen LogP contribution in [-0.2, 0) is 11.2 Å². The summed E-state index contributed by atoms with van der Waals surface area (Å²) in [5, 5.41) is 2.83. The number of halogens is 1. The zero-order valence-corrected chi connectivity index (χ0v) is 9.56. The van der Waals surface area contributed by atoms with Gasteiger partial charge in [-0.1, -0.05) is 0 Å². The molecular weight excluding hydrogens is 246 g/mol. The molecule has 0 aliphatic carbocycles. The molecule has 0 unspecified atom stereocenters. The van der Waals surface area contributed by atoms with Gasteiger partial charge in [0.1, 0.15) is 5.75 Å². The fraction of sp³-hybridized carbons (Fsp3) is 0.300.